The summed E-state index contributed by atoms with van der Waals surface area (Å²) in [5.74, 6) is 3.27. The zero-order valence-corrected chi connectivity index (χ0v) is 22.1. The van der Waals surface area contributed by atoms with Gasteiger partial charge in [-0.05, 0) is 75.5 Å². The van der Waals surface area contributed by atoms with Gasteiger partial charge >= 0.3 is 5.97 Å². The number of hydrogen-bond donors (Lipinski definition) is 1. The molecule has 2 aromatic heterocycles. The Kier molecular flexibility index (Phi) is 7.03. The molecule has 0 unspecified atom stereocenters. The average Bonchev–Trinajstić information content (AvgIpc) is 3.34. The van der Waals surface area contributed by atoms with Crippen LogP contribution >= 0.6 is 23.1 Å². The molecule has 2 heterocycles. The summed E-state index contributed by atoms with van der Waals surface area (Å²) in [5.41, 5.74) is 0.927. The minimum Gasteiger partial charge on any atom is -0.462 e. The molecule has 188 valence electrons. The number of aryl methyl sites for hydroxylation is 1. The molecule has 0 aromatic carbocycles. The highest BCUT2D eigenvalue weighted by molar-refractivity contribution is 7.99. The lowest BCUT2D eigenvalue weighted by molar-refractivity contribution is -0.113. The monoisotopic (exact) mass is 515 g/mol. The quantitative estimate of drug-likeness (QED) is 0.273. The summed E-state index contributed by atoms with van der Waals surface area (Å²) in [7, 11) is 0. The third-order valence-electron chi connectivity index (χ3n) is 7.64. The van der Waals surface area contributed by atoms with E-state index in [0.29, 0.717) is 34.3 Å². The van der Waals surface area contributed by atoms with E-state index in [9.17, 15) is 9.59 Å². The second-order valence-corrected chi connectivity index (χ2v) is 12.3. The molecule has 0 aliphatic heterocycles. The van der Waals surface area contributed by atoms with Gasteiger partial charge in [0.05, 0.1) is 18.1 Å². The second kappa shape index (κ2) is 10.0. The molecule has 4 aliphatic rings. The first-order valence-electron chi connectivity index (χ1n) is 12.5. The first-order chi connectivity index (χ1) is 16.9. The van der Waals surface area contributed by atoms with Crippen molar-refractivity contribution in [1.29, 1.82) is 0 Å². The molecule has 0 atom stereocenters. The van der Waals surface area contributed by atoms with Crippen molar-refractivity contribution in [3.05, 3.63) is 29.1 Å². The number of carbonyl (C=O) groups is 2. The number of ether oxygens (including phenoxy) is 1. The molecule has 4 bridgehead atoms. The lowest BCUT2D eigenvalue weighted by atomic mass is 9.49. The number of thioether (sulfide) groups is 1. The molecule has 4 saturated carbocycles. The van der Waals surface area contributed by atoms with Crippen molar-refractivity contribution in [3.8, 4) is 0 Å². The van der Waals surface area contributed by atoms with Gasteiger partial charge in [0.25, 0.3) is 0 Å². The number of thiazole rings is 1. The molecular weight excluding hydrogens is 482 g/mol. The highest BCUT2D eigenvalue weighted by atomic mass is 32.2. The van der Waals surface area contributed by atoms with Gasteiger partial charge in [0.1, 0.15) is 10.7 Å². The van der Waals surface area contributed by atoms with Crippen LogP contribution in [-0.4, -0.2) is 44.0 Å². The fraction of sp³-hybridized carbons (Fsp3) is 0.640. The zero-order chi connectivity index (χ0) is 24.6. The van der Waals surface area contributed by atoms with Gasteiger partial charge in [-0.3, -0.25) is 4.79 Å². The van der Waals surface area contributed by atoms with Crippen LogP contribution < -0.4 is 5.32 Å². The minimum absolute atomic E-state index is 0.181. The smallest absolute Gasteiger partial charge is 0.350 e. The average molecular weight is 516 g/mol. The van der Waals surface area contributed by atoms with Crippen LogP contribution in [0, 0.1) is 30.1 Å². The van der Waals surface area contributed by atoms with Crippen LogP contribution in [0.4, 0.5) is 5.13 Å². The van der Waals surface area contributed by atoms with Crippen molar-refractivity contribution < 1.29 is 14.3 Å². The highest BCUT2D eigenvalue weighted by Gasteiger charge is 2.51. The van der Waals surface area contributed by atoms with E-state index in [1.165, 1.54) is 50.3 Å². The van der Waals surface area contributed by atoms with Gasteiger partial charge in [-0.1, -0.05) is 29.2 Å². The molecule has 0 saturated heterocycles. The maximum absolute atomic E-state index is 12.6. The molecular formula is C25H33N5O3S2. The van der Waals surface area contributed by atoms with Gasteiger partial charge in [0, 0.05) is 13.0 Å². The van der Waals surface area contributed by atoms with Crippen LogP contribution in [0.15, 0.2) is 17.8 Å². The van der Waals surface area contributed by atoms with Gasteiger partial charge < -0.3 is 14.6 Å². The summed E-state index contributed by atoms with van der Waals surface area (Å²) >= 11 is 2.50. The number of hydrogen-bond acceptors (Lipinski definition) is 8. The van der Waals surface area contributed by atoms with Crippen LogP contribution in [-0.2, 0) is 22.5 Å². The van der Waals surface area contributed by atoms with E-state index in [0.717, 1.165) is 46.5 Å². The first-order valence-corrected chi connectivity index (χ1v) is 14.3. The fourth-order valence-electron chi connectivity index (χ4n) is 6.83. The Bertz CT molecular complexity index is 1090. The fourth-order valence-corrected chi connectivity index (χ4v) is 8.48. The van der Waals surface area contributed by atoms with Crippen LogP contribution in [0.25, 0.3) is 0 Å². The van der Waals surface area contributed by atoms with Crippen molar-refractivity contribution in [1.82, 2.24) is 19.7 Å². The van der Waals surface area contributed by atoms with E-state index in [2.05, 4.69) is 31.6 Å². The van der Waals surface area contributed by atoms with E-state index in [-0.39, 0.29) is 11.7 Å². The van der Waals surface area contributed by atoms with Crippen LogP contribution in [0.1, 0.15) is 66.6 Å². The van der Waals surface area contributed by atoms with E-state index < -0.39 is 5.97 Å². The molecule has 4 fully saturated rings. The van der Waals surface area contributed by atoms with Crippen molar-refractivity contribution in [3.63, 3.8) is 0 Å². The van der Waals surface area contributed by atoms with E-state index in [1.54, 1.807) is 13.8 Å². The maximum atomic E-state index is 12.6. The largest absolute Gasteiger partial charge is 0.462 e. The number of esters is 1. The lowest BCUT2D eigenvalue weighted by Gasteiger charge is -2.56. The van der Waals surface area contributed by atoms with Gasteiger partial charge in [0.15, 0.2) is 10.3 Å². The lowest BCUT2D eigenvalue weighted by Crippen LogP contribution is -2.47. The predicted octanol–water partition coefficient (Wildman–Crippen LogP) is 4.90. The van der Waals surface area contributed by atoms with Crippen molar-refractivity contribution >= 4 is 40.1 Å². The van der Waals surface area contributed by atoms with E-state index >= 15 is 0 Å². The molecule has 8 nitrogen and oxygen atoms in total. The maximum Gasteiger partial charge on any atom is 0.350 e. The molecule has 1 N–H and O–H groups in total. The Labute approximate surface area is 214 Å². The molecule has 35 heavy (non-hydrogen) atoms. The number of amides is 1. The molecule has 2 aromatic rings. The molecule has 6 rings (SSSR count). The van der Waals surface area contributed by atoms with Gasteiger partial charge in [-0.25, -0.2) is 9.78 Å². The minimum atomic E-state index is -0.415. The number of aromatic nitrogens is 4. The third kappa shape index (κ3) is 5.18. The molecule has 0 radical (unpaired) electrons. The predicted molar refractivity (Wildman–Crippen MR) is 137 cm³/mol. The molecule has 4 aliphatic carbocycles. The number of rotatable bonds is 10. The third-order valence-corrected chi connectivity index (χ3v) is 9.66. The van der Waals surface area contributed by atoms with Crippen LogP contribution in [0.2, 0.25) is 0 Å². The summed E-state index contributed by atoms with van der Waals surface area (Å²) in [4.78, 5) is 29.3. The van der Waals surface area contributed by atoms with Crippen molar-refractivity contribution in [2.24, 2.45) is 23.2 Å². The van der Waals surface area contributed by atoms with Gasteiger partial charge in [-0.2, -0.15) is 0 Å². The zero-order valence-electron chi connectivity index (χ0n) is 20.4. The summed E-state index contributed by atoms with van der Waals surface area (Å²) in [6, 6.07) is 0. The van der Waals surface area contributed by atoms with Crippen LogP contribution in [0.3, 0.4) is 0 Å². The Balaban J connectivity index is 1.22. The number of nitrogens with one attached hydrogen (secondary N) is 1. The number of anilines is 1. The van der Waals surface area contributed by atoms with Crippen molar-refractivity contribution in [2.75, 3.05) is 17.7 Å². The first kappa shape index (κ1) is 24.5. The summed E-state index contributed by atoms with van der Waals surface area (Å²) in [6.45, 7) is 8.34. The summed E-state index contributed by atoms with van der Waals surface area (Å²) in [6.07, 6.45) is 11.1. The normalized spacial score (nSPS) is 26.6. The SMILES string of the molecule is C=CCn1c(CC23CC4CC(CC(C4)C2)C3)nnc1SCC(=O)Nc1nc(C)c(C(=O)OCC)s1. The standard InChI is InChI=1S/C25H33N5O3S2/c1-4-6-30-19(13-25-10-16-7-17(11-25)9-18(8-16)12-25)28-29-24(30)34-14-20(31)27-23-26-15(3)21(35-23)22(32)33-5-2/h4,16-18H,1,5-14H2,2-3H3,(H,26,27,31). The number of carbonyl (C=O) groups excluding carboxylic acids is 2. The number of allylic oxidation sites excluding steroid dienone is 1. The van der Waals surface area contributed by atoms with Crippen molar-refractivity contribution in [2.45, 2.75) is 70.5 Å². The van der Waals surface area contributed by atoms with Gasteiger partial charge in [-0.15, -0.1) is 16.8 Å². The molecule has 1 amide bonds. The van der Waals surface area contributed by atoms with Crippen LogP contribution in [0.5, 0.6) is 0 Å². The summed E-state index contributed by atoms with van der Waals surface area (Å²) in [5, 5.41) is 13.0. The molecule has 0 spiro atoms. The van der Waals surface area contributed by atoms with Gasteiger partial charge in [0.2, 0.25) is 5.91 Å². The second-order valence-electron chi connectivity index (χ2n) is 10.4. The van der Waals surface area contributed by atoms with E-state index in [4.69, 9.17) is 4.74 Å². The Morgan fingerprint density at radius 2 is 1.91 bits per heavy atom. The highest BCUT2D eigenvalue weighted by Crippen LogP contribution is 2.61. The topological polar surface area (TPSA) is 99.0 Å². The molecule has 10 heteroatoms. The Hall–Kier alpha value is -2.20. The number of nitrogens with zero attached hydrogens (tertiary/aromatic N) is 4. The Morgan fingerprint density at radius 1 is 1.23 bits per heavy atom. The Morgan fingerprint density at radius 3 is 2.54 bits per heavy atom. The summed E-state index contributed by atoms with van der Waals surface area (Å²) < 4.78 is 7.17. The van der Waals surface area contributed by atoms with E-state index in [1.807, 2.05) is 6.08 Å².